The number of aryl methyl sites for hydroxylation is 2. The number of pyridine rings is 1. The molecule has 2 N–H and O–H groups in total. The fourth-order valence-electron chi connectivity index (χ4n) is 3.92. The van der Waals surface area contributed by atoms with Crippen molar-refractivity contribution in [1.82, 2.24) is 14.9 Å². The van der Waals surface area contributed by atoms with Gasteiger partial charge in [-0.2, -0.15) is 0 Å². The third-order valence-corrected chi connectivity index (χ3v) is 5.95. The predicted molar refractivity (Wildman–Crippen MR) is 135 cm³/mol. The molecule has 4 aromatic rings. The molecule has 0 fully saturated rings. The maximum absolute atomic E-state index is 5.82. The van der Waals surface area contributed by atoms with Gasteiger partial charge in [0.1, 0.15) is 5.75 Å². The number of benzene rings is 2. The molecule has 0 amide bonds. The van der Waals surface area contributed by atoms with Gasteiger partial charge in [0.25, 0.3) is 0 Å². The van der Waals surface area contributed by atoms with E-state index in [0.717, 1.165) is 35.6 Å². The first-order valence-electron chi connectivity index (χ1n) is 10.7. The van der Waals surface area contributed by atoms with Crippen LogP contribution in [-0.2, 0) is 13.0 Å². The maximum Gasteiger partial charge on any atom is 0.173 e. The van der Waals surface area contributed by atoms with Crippen LogP contribution in [0.4, 0.5) is 5.69 Å². The number of H-pyrrole nitrogens is 1. The molecule has 5 nitrogen and oxygen atoms in total. The molecule has 0 atom stereocenters. The molecule has 164 valence electrons. The molecule has 0 saturated carbocycles. The number of thiocarbonyl (C=S) groups is 1. The number of fused-ring (bicyclic) bond motifs is 1. The Morgan fingerprint density at radius 2 is 1.97 bits per heavy atom. The Bertz CT molecular complexity index is 1220. The zero-order valence-electron chi connectivity index (χ0n) is 18.7. The summed E-state index contributed by atoms with van der Waals surface area (Å²) in [5.74, 6) is 0.861. The Morgan fingerprint density at radius 3 is 2.72 bits per heavy atom. The van der Waals surface area contributed by atoms with Crippen molar-refractivity contribution in [2.45, 2.75) is 26.8 Å². The number of ether oxygens (including phenoxy) is 1. The molecule has 0 bridgehead atoms. The number of nitrogens with zero attached hydrogens (tertiary/aromatic N) is 2. The largest absolute Gasteiger partial charge is 0.497 e. The number of nitrogens with one attached hydrogen (secondary N) is 2. The maximum atomic E-state index is 5.82. The smallest absolute Gasteiger partial charge is 0.173 e. The molecule has 0 unspecified atom stereocenters. The topological polar surface area (TPSA) is 53.2 Å². The number of methoxy groups -OCH3 is 1. The molecule has 2 aromatic carbocycles. The predicted octanol–water partition coefficient (Wildman–Crippen LogP) is 5.63. The van der Waals surface area contributed by atoms with Gasteiger partial charge in [-0.3, -0.25) is 4.98 Å². The van der Waals surface area contributed by atoms with Gasteiger partial charge in [-0.05, 0) is 86.1 Å². The van der Waals surface area contributed by atoms with E-state index < -0.39 is 0 Å². The number of hydrogen-bond acceptors (Lipinski definition) is 3. The summed E-state index contributed by atoms with van der Waals surface area (Å²) in [4.78, 5) is 10.2. The van der Waals surface area contributed by atoms with Gasteiger partial charge >= 0.3 is 0 Å². The molecule has 6 heteroatoms. The summed E-state index contributed by atoms with van der Waals surface area (Å²) in [6, 6.07) is 20.4. The Morgan fingerprint density at radius 1 is 1.09 bits per heavy atom. The number of rotatable bonds is 7. The fourth-order valence-corrected chi connectivity index (χ4v) is 4.20. The normalized spacial score (nSPS) is 10.8. The van der Waals surface area contributed by atoms with Gasteiger partial charge in [0.15, 0.2) is 5.11 Å². The molecule has 2 heterocycles. The minimum atomic E-state index is 0.642. The van der Waals surface area contributed by atoms with Gasteiger partial charge in [0.05, 0.1) is 19.3 Å². The lowest BCUT2D eigenvalue weighted by Crippen LogP contribution is -2.36. The molecule has 0 radical (unpaired) electrons. The van der Waals surface area contributed by atoms with E-state index in [0.29, 0.717) is 11.7 Å². The van der Waals surface area contributed by atoms with Gasteiger partial charge in [-0.25, -0.2) is 0 Å². The molecule has 0 aliphatic rings. The summed E-state index contributed by atoms with van der Waals surface area (Å²) in [6.45, 7) is 5.60. The zero-order chi connectivity index (χ0) is 22.5. The van der Waals surface area contributed by atoms with E-state index in [2.05, 4.69) is 58.3 Å². The van der Waals surface area contributed by atoms with Crippen LogP contribution in [0.25, 0.3) is 10.9 Å². The van der Waals surface area contributed by atoms with Crippen LogP contribution in [0.1, 0.15) is 22.5 Å². The molecule has 2 aromatic heterocycles. The first-order valence-corrected chi connectivity index (χ1v) is 11.1. The number of anilines is 1. The van der Waals surface area contributed by atoms with Crippen LogP contribution in [0.2, 0.25) is 0 Å². The SMILES string of the molecule is COc1ccc2[nH]c(C)c(CCN(Cc3ccccn3)C(=S)Nc3cccc(C)c3)c2c1. The van der Waals surface area contributed by atoms with Crippen LogP contribution < -0.4 is 10.1 Å². The summed E-state index contributed by atoms with van der Waals surface area (Å²) in [7, 11) is 1.70. The Balaban J connectivity index is 1.57. The second kappa shape index (κ2) is 9.83. The van der Waals surface area contributed by atoms with Crippen LogP contribution in [-0.4, -0.2) is 33.6 Å². The lowest BCUT2D eigenvalue weighted by atomic mass is 10.1. The summed E-state index contributed by atoms with van der Waals surface area (Å²) < 4.78 is 5.44. The zero-order valence-corrected chi connectivity index (χ0v) is 19.5. The van der Waals surface area contributed by atoms with E-state index in [1.807, 2.05) is 42.6 Å². The lowest BCUT2D eigenvalue weighted by molar-refractivity contribution is 0.415. The average Bonchev–Trinajstić information content (AvgIpc) is 3.11. The summed E-state index contributed by atoms with van der Waals surface area (Å²) >= 11 is 5.82. The standard InChI is InChI=1S/C26H28N4OS/c1-18-7-6-9-20(15-18)29-26(32)30(17-21-8-4-5-13-27-21)14-12-23-19(2)28-25-11-10-22(31-3)16-24(23)25/h4-11,13,15-16,28H,12,14,17H2,1-3H3,(H,29,32). The quantitative estimate of drug-likeness (QED) is 0.362. The molecule has 0 aliphatic carbocycles. The highest BCUT2D eigenvalue weighted by Crippen LogP contribution is 2.27. The van der Waals surface area contributed by atoms with Crippen molar-refractivity contribution in [1.29, 1.82) is 0 Å². The van der Waals surface area contributed by atoms with Crippen molar-refractivity contribution in [3.05, 3.63) is 89.4 Å². The van der Waals surface area contributed by atoms with E-state index in [1.165, 1.54) is 22.2 Å². The van der Waals surface area contributed by atoms with E-state index in [9.17, 15) is 0 Å². The van der Waals surface area contributed by atoms with Crippen molar-refractivity contribution in [3.8, 4) is 5.75 Å². The van der Waals surface area contributed by atoms with Crippen LogP contribution in [0.5, 0.6) is 5.75 Å². The third-order valence-electron chi connectivity index (χ3n) is 5.59. The van der Waals surface area contributed by atoms with E-state index in [4.69, 9.17) is 17.0 Å². The van der Waals surface area contributed by atoms with Crippen molar-refractivity contribution in [3.63, 3.8) is 0 Å². The lowest BCUT2D eigenvalue weighted by Gasteiger charge is -2.26. The first-order chi connectivity index (χ1) is 15.5. The Kier molecular flexibility index (Phi) is 6.71. The highest BCUT2D eigenvalue weighted by Gasteiger charge is 2.15. The summed E-state index contributed by atoms with van der Waals surface area (Å²) in [6.07, 6.45) is 2.67. The number of aromatic nitrogens is 2. The third kappa shape index (κ3) is 5.08. The van der Waals surface area contributed by atoms with Crippen molar-refractivity contribution >= 4 is 33.9 Å². The van der Waals surface area contributed by atoms with Crippen LogP contribution in [0, 0.1) is 13.8 Å². The second-order valence-corrected chi connectivity index (χ2v) is 8.32. The van der Waals surface area contributed by atoms with Crippen LogP contribution in [0.3, 0.4) is 0 Å². The van der Waals surface area contributed by atoms with Gasteiger partial charge in [0.2, 0.25) is 0 Å². The summed E-state index contributed by atoms with van der Waals surface area (Å²) in [5.41, 5.74) is 6.74. The van der Waals surface area contributed by atoms with Crippen LogP contribution in [0.15, 0.2) is 66.9 Å². The molecular formula is C26H28N4OS. The van der Waals surface area contributed by atoms with Crippen LogP contribution >= 0.6 is 12.2 Å². The minimum Gasteiger partial charge on any atom is -0.497 e. The number of aromatic amines is 1. The monoisotopic (exact) mass is 444 g/mol. The van der Waals surface area contributed by atoms with Gasteiger partial charge < -0.3 is 19.9 Å². The molecule has 4 rings (SSSR count). The fraction of sp³-hybridized carbons (Fsp3) is 0.231. The molecule has 0 aliphatic heterocycles. The van der Waals surface area contributed by atoms with Crippen molar-refractivity contribution in [2.24, 2.45) is 0 Å². The Labute approximate surface area is 194 Å². The van der Waals surface area contributed by atoms with E-state index in [-0.39, 0.29) is 0 Å². The van der Waals surface area contributed by atoms with Gasteiger partial charge in [-0.1, -0.05) is 18.2 Å². The summed E-state index contributed by atoms with van der Waals surface area (Å²) in [5, 5.41) is 5.29. The van der Waals surface area contributed by atoms with Gasteiger partial charge in [-0.15, -0.1) is 0 Å². The van der Waals surface area contributed by atoms with E-state index in [1.54, 1.807) is 7.11 Å². The average molecular weight is 445 g/mol. The molecule has 32 heavy (non-hydrogen) atoms. The minimum absolute atomic E-state index is 0.642. The van der Waals surface area contributed by atoms with Crippen molar-refractivity contribution < 1.29 is 4.74 Å². The molecular weight excluding hydrogens is 416 g/mol. The highest BCUT2D eigenvalue weighted by molar-refractivity contribution is 7.80. The van der Waals surface area contributed by atoms with Crippen molar-refractivity contribution in [2.75, 3.05) is 19.0 Å². The Hall–Kier alpha value is -3.38. The number of hydrogen-bond donors (Lipinski definition) is 2. The highest BCUT2D eigenvalue weighted by atomic mass is 32.1. The first kappa shape index (κ1) is 21.8. The van der Waals surface area contributed by atoms with Gasteiger partial charge in [0, 0.05) is 35.0 Å². The second-order valence-electron chi connectivity index (χ2n) is 7.93. The molecule has 0 spiro atoms. The van der Waals surface area contributed by atoms with E-state index >= 15 is 0 Å². The molecule has 0 saturated heterocycles.